The monoisotopic (exact) mass is 433 g/mol. The summed E-state index contributed by atoms with van der Waals surface area (Å²) in [5, 5.41) is 9.75. The van der Waals surface area contributed by atoms with Gasteiger partial charge in [0.15, 0.2) is 0 Å². The molecule has 0 bridgehead atoms. The van der Waals surface area contributed by atoms with E-state index in [2.05, 4.69) is 25.5 Å². The lowest BCUT2D eigenvalue weighted by Gasteiger charge is -2.23. The number of hydrogen-bond acceptors (Lipinski definition) is 6. The van der Waals surface area contributed by atoms with E-state index in [0.717, 1.165) is 11.8 Å². The van der Waals surface area contributed by atoms with Crippen LogP contribution in [0.5, 0.6) is 0 Å². The third-order valence-corrected chi connectivity index (χ3v) is 4.96. The highest BCUT2D eigenvalue weighted by Crippen LogP contribution is 2.24. The van der Waals surface area contributed by atoms with E-state index in [4.69, 9.17) is 5.73 Å². The molecule has 10 heteroatoms. The van der Waals surface area contributed by atoms with E-state index < -0.39 is 17.6 Å². The highest BCUT2D eigenvalue weighted by atomic mass is 19.1. The van der Waals surface area contributed by atoms with Crippen molar-refractivity contribution in [1.29, 1.82) is 0 Å². The summed E-state index contributed by atoms with van der Waals surface area (Å²) in [4.78, 5) is 35.4. The lowest BCUT2D eigenvalue weighted by atomic mass is 10.1. The van der Waals surface area contributed by atoms with Gasteiger partial charge < -0.3 is 16.0 Å². The number of aromatic nitrogens is 4. The Morgan fingerprint density at radius 2 is 1.91 bits per heavy atom. The molecular weight excluding hydrogens is 413 g/mol. The van der Waals surface area contributed by atoms with Gasteiger partial charge in [-0.25, -0.2) is 9.37 Å². The maximum atomic E-state index is 13.5. The number of hydrogen-bond donors (Lipinski definition) is 3. The molecule has 9 nitrogen and oxygen atoms in total. The van der Waals surface area contributed by atoms with Crippen molar-refractivity contribution in [2.24, 2.45) is 0 Å². The van der Waals surface area contributed by atoms with E-state index in [9.17, 15) is 14.0 Å². The van der Waals surface area contributed by atoms with E-state index in [0.29, 0.717) is 22.2 Å². The van der Waals surface area contributed by atoms with Crippen LogP contribution in [0.25, 0.3) is 10.9 Å². The number of carbonyl (C=O) groups is 2. The number of nitrogens with zero attached hydrogens (tertiary/aromatic N) is 4. The van der Waals surface area contributed by atoms with Gasteiger partial charge in [0.25, 0.3) is 0 Å². The van der Waals surface area contributed by atoms with Crippen LogP contribution < -0.4 is 11.1 Å². The average Bonchev–Trinajstić information content (AvgIpc) is 3.28. The Labute approximate surface area is 182 Å². The molecule has 0 aliphatic carbocycles. The molecular formula is C22H20FN7O2. The molecule has 32 heavy (non-hydrogen) atoms. The molecule has 0 spiro atoms. The minimum atomic E-state index is -0.858. The normalized spacial score (nSPS) is 10.8. The second kappa shape index (κ2) is 8.80. The number of nitrogen functional groups attached to an aromatic ring is 1. The topological polar surface area (TPSA) is 130 Å². The number of benzene rings is 1. The Kier molecular flexibility index (Phi) is 5.75. The molecule has 4 aromatic rings. The molecule has 0 aliphatic heterocycles. The Morgan fingerprint density at radius 3 is 2.66 bits per heavy atom. The Morgan fingerprint density at radius 1 is 1.12 bits per heavy atom. The van der Waals surface area contributed by atoms with Crippen LogP contribution in [0.15, 0.2) is 55.0 Å². The molecule has 0 saturated carbocycles. The van der Waals surface area contributed by atoms with E-state index in [1.54, 1.807) is 6.92 Å². The maximum absolute atomic E-state index is 13.5. The lowest BCUT2D eigenvalue weighted by Crippen LogP contribution is -2.39. The molecule has 3 heterocycles. The molecule has 4 rings (SSSR count). The van der Waals surface area contributed by atoms with Crippen molar-refractivity contribution >= 4 is 34.2 Å². The first-order valence-electron chi connectivity index (χ1n) is 9.75. The first-order valence-corrected chi connectivity index (χ1v) is 9.75. The number of aromatic amines is 1. The summed E-state index contributed by atoms with van der Waals surface area (Å²) in [6.45, 7) is 1.91. The highest BCUT2D eigenvalue weighted by Gasteiger charge is 2.24. The number of rotatable bonds is 5. The lowest BCUT2D eigenvalue weighted by molar-refractivity contribution is -0.144. The zero-order chi connectivity index (χ0) is 22.7. The van der Waals surface area contributed by atoms with Crippen molar-refractivity contribution in [2.75, 3.05) is 11.1 Å². The van der Waals surface area contributed by atoms with Crippen molar-refractivity contribution in [3.05, 3.63) is 77.6 Å². The summed E-state index contributed by atoms with van der Waals surface area (Å²) >= 11 is 0. The van der Waals surface area contributed by atoms with E-state index in [1.807, 2.05) is 30.3 Å². The number of amides is 2. The van der Waals surface area contributed by atoms with E-state index in [-0.39, 0.29) is 24.6 Å². The van der Waals surface area contributed by atoms with Gasteiger partial charge in [-0.2, -0.15) is 5.10 Å². The van der Waals surface area contributed by atoms with E-state index in [1.165, 1.54) is 23.4 Å². The fraction of sp³-hybridized carbons (Fsp3) is 0.136. The van der Waals surface area contributed by atoms with Crippen molar-refractivity contribution in [1.82, 2.24) is 25.1 Å². The number of H-pyrrole nitrogens is 1. The van der Waals surface area contributed by atoms with Crippen LogP contribution in [0.3, 0.4) is 0 Å². The summed E-state index contributed by atoms with van der Waals surface area (Å²) in [7, 11) is 0. The molecule has 162 valence electrons. The predicted octanol–water partition coefficient (Wildman–Crippen LogP) is 2.55. The fourth-order valence-corrected chi connectivity index (χ4v) is 3.29. The van der Waals surface area contributed by atoms with Gasteiger partial charge in [0.1, 0.15) is 11.6 Å². The molecule has 3 aromatic heterocycles. The van der Waals surface area contributed by atoms with Crippen LogP contribution >= 0.6 is 0 Å². The minimum Gasteiger partial charge on any atom is -0.383 e. The molecule has 0 aliphatic rings. The number of carbonyl (C=O) groups excluding carboxylic acids is 2. The van der Waals surface area contributed by atoms with Gasteiger partial charge in [-0.15, -0.1) is 0 Å². The average molecular weight is 433 g/mol. The first kappa shape index (κ1) is 20.9. The maximum Gasteiger partial charge on any atom is 0.314 e. The second-order valence-electron chi connectivity index (χ2n) is 7.23. The van der Waals surface area contributed by atoms with Crippen molar-refractivity contribution < 1.29 is 14.0 Å². The van der Waals surface area contributed by atoms with E-state index >= 15 is 0 Å². The standard InChI is InChI=1S/C22H20FN7O2/c1-13-7-15(23)8-25-18(13)12-30(11-14-5-3-2-4-6-14)22(32)21(31)28-17-10-26-20(24)16-9-27-29-19(16)17/h2-10H,11-12H2,1H3,(H2,24,26)(H,27,29)(H,28,31). The number of fused-ring (bicyclic) bond motifs is 1. The Balaban J connectivity index is 1.60. The largest absolute Gasteiger partial charge is 0.383 e. The molecule has 0 atom stereocenters. The third kappa shape index (κ3) is 4.38. The Bertz CT molecular complexity index is 1290. The summed E-state index contributed by atoms with van der Waals surface area (Å²) in [5.74, 6) is -1.85. The van der Waals surface area contributed by atoms with Crippen molar-refractivity contribution in [2.45, 2.75) is 20.0 Å². The minimum absolute atomic E-state index is 0.0344. The van der Waals surface area contributed by atoms with Gasteiger partial charge in [-0.1, -0.05) is 30.3 Å². The van der Waals surface area contributed by atoms with Crippen LogP contribution in [0, 0.1) is 12.7 Å². The number of aryl methyl sites for hydroxylation is 1. The van der Waals surface area contributed by atoms with Crippen LogP contribution in [0.1, 0.15) is 16.8 Å². The van der Waals surface area contributed by atoms with Gasteiger partial charge in [-0.3, -0.25) is 19.7 Å². The quantitative estimate of drug-likeness (QED) is 0.415. The van der Waals surface area contributed by atoms with Crippen molar-refractivity contribution in [3.8, 4) is 0 Å². The summed E-state index contributed by atoms with van der Waals surface area (Å²) in [6, 6.07) is 10.6. The van der Waals surface area contributed by atoms with Gasteiger partial charge in [0.2, 0.25) is 0 Å². The van der Waals surface area contributed by atoms with Gasteiger partial charge in [-0.05, 0) is 24.1 Å². The number of anilines is 2. The number of halogens is 1. The van der Waals surface area contributed by atoms with Crippen molar-refractivity contribution in [3.63, 3.8) is 0 Å². The number of nitrogens with two attached hydrogens (primary N) is 1. The molecule has 4 N–H and O–H groups in total. The number of pyridine rings is 2. The first-order chi connectivity index (χ1) is 15.4. The Hall–Kier alpha value is -4.34. The molecule has 0 saturated heterocycles. The zero-order valence-corrected chi connectivity index (χ0v) is 17.2. The molecule has 2 amide bonds. The number of nitrogens with one attached hydrogen (secondary N) is 2. The zero-order valence-electron chi connectivity index (χ0n) is 17.2. The fourth-order valence-electron chi connectivity index (χ4n) is 3.29. The van der Waals surface area contributed by atoms with Crippen LogP contribution in [0.4, 0.5) is 15.9 Å². The smallest absolute Gasteiger partial charge is 0.314 e. The molecule has 0 fully saturated rings. The van der Waals surface area contributed by atoms with Gasteiger partial charge >= 0.3 is 11.8 Å². The summed E-state index contributed by atoms with van der Waals surface area (Å²) in [6.07, 6.45) is 3.93. The summed E-state index contributed by atoms with van der Waals surface area (Å²) in [5.41, 5.74) is 8.46. The van der Waals surface area contributed by atoms with Crippen LogP contribution in [-0.4, -0.2) is 36.9 Å². The second-order valence-corrected chi connectivity index (χ2v) is 7.23. The predicted molar refractivity (Wildman–Crippen MR) is 117 cm³/mol. The van der Waals surface area contributed by atoms with Crippen LogP contribution in [0.2, 0.25) is 0 Å². The SMILES string of the molecule is Cc1cc(F)cnc1CN(Cc1ccccc1)C(=O)C(=O)Nc1cnc(N)c2cn[nH]c12. The van der Waals surface area contributed by atoms with Gasteiger partial charge in [0.05, 0.1) is 47.4 Å². The van der Waals surface area contributed by atoms with Gasteiger partial charge in [0, 0.05) is 6.54 Å². The highest BCUT2D eigenvalue weighted by molar-refractivity contribution is 6.40. The summed E-state index contributed by atoms with van der Waals surface area (Å²) < 4.78 is 13.5. The molecule has 1 aromatic carbocycles. The molecule has 0 unspecified atom stereocenters. The third-order valence-electron chi connectivity index (χ3n) is 4.96. The molecule has 0 radical (unpaired) electrons. The van der Waals surface area contributed by atoms with Crippen LogP contribution in [-0.2, 0) is 22.7 Å².